The van der Waals surface area contributed by atoms with Gasteiger partial charge in [0.1, 0.15) is 11.6 Å². The SMILES string of the molecule is Cc1nc(NC[C@H]2CCCN2)ncc1-c1ccc(OC(F)(F)F)cc1F. The number of benzene rings is 1. The minimum absolute atomic E-state index is 0.112. The topological polar surface area (TPSA) is 59.1 Å². The van der Waals surface area contributed by atoms with E-state index in [2.05, 4.69) is 25.3 Å². The number of aromatic nitrogens is 2. The van der Waals surface area contributed by atoms with Crippen LogP contribution in [0.15, 0.2) is 24.4 Å². The third-order valence-electron chi connectivity index (χ3n) is 4.11. The van der Waals surface area contributed by atoms with Crippen LogP contribution >= 0.6 is 0 Å². The molecule has 2 aromatic rings. The fourth-order valence-corrected chi connectivity index (χ4v) is 2.87. The number of nitrogens with one attached hydrogen (secondary N) is 2. The van der Waals surface area contributed by atoms with Crippen molar-refractivity contribution in [2.75, 3.05) is 18.4 Å². The predicted molar refractivity (Wildman–Crippen MR) is 88.4 cm³/mol. The Balaban J connectivity index is 1.74. The van der Waals surface area contributed by atoms with Crippen molar-refractivity contribution >= 4 is 5.95 Å². The van der Waals surface area contributed by atoms with E-state index in [0.29, 0.717) is 35.9 Å². The summed E-state index contributed by atoms with van der Waals surface area (Å²) in [6.45, 7) is 3.38. The standard InChI is InChI=1S/C17H18F4N4O/c1-10-14(9-24-16(25-10)23-8-11-3-2-6-22-11)13-5-4-12(7-15(13)18)26-17(19,20)21/h4-5,7,9,11,22H,2-3,6,8H2,1H3,(H,23,24,25)/t11-/m1/s1. The first kappa shape index (κ1) is 18.4. The van der Waals surface area contributed by atoms with E-state index in [4.69, 9.17) is 0 Å². The van der Waals surface area contributed by atoms with Gasteiger partial charge in [0.25, 0.3) is 0 Å². The van der Waals surface area contributed by atoms with Crippen molar-refractivity contribution in [3.8, 4) is 16.9 Å². The molecule has 140 valence electrons. The maximum atomic E-state index is 14.2. The molecule has 1 saturated heterocycles. The summed E-state index contributed by atoms with van der Waals surface area (Å²) in [7, 11) is 0. The van der Waals surface area contributed by atoms with Crippen molar-refractivity contribution in [1.29, 1.82) is 0 Å². The lowest BCUT2D eigenvalue weighted by molar-refractivity contribution is -0.274. The highest BCUT2D eigenvalue weighted by atomic mass is 19.4. The van der Waals surface area contributed by atoms with Crippen LogP contribution in [0.4, 0.5) is 23.5 Å². The molecule has 1 aromatic carbocycles. The normalized spacial score (nSPS) is 17.3. The summed E-state index contributed by atoms with van der Waals surface area (Å²) < 4.78 is 54.6. The van der Waals surface area contributed by atoms with Gasteiger partial charge >= 0.3 is 6.36 Å². The minimum atomic E-state index is -4.87. The van der Waals surface area contributed by atoms with Crippen LogP contribution in [0.25, 0.3) is 11.1 Å². The van der Waals surface area contributed by atoms with E-state index in [1.165, 1.54) is 12.3 Å². The quantitative estimate of drug-likeness (QED) is 0.787. The Morgan fingerprint density at radius 1 is 1.31 bits per heavy atom. The Labute approximate surface area is 147 Å². The summed E-state index contributed by atoms with van der Waals surface area (Å²) in [6.07, 6.45) is -1.19. The van der Waals surface area contributed by atoms with Gasteiger partial charge in [0.2, 0.25) is 5.95 Å². The lowest BCUT2D eigenvalue weighted by Crippen LogP contribution is -2.29. The maximum absolute atomic E-state index is 14.2. The van der Waals surface area contributed by atoms with Crippen LogP contribution < -0.4 is 15.4 Å². The summed E-state index contributed by atoms with van der Waals surface area (Å²) in [6, 6.07) is 3.35. The van der Waals surface area contributed by atoms with Crippen LogP contribution in [0.1, 0.15) is 18.5 Å². The minimum Gasteiger partial charge on any atom is -0.406 e. The second-order valence-corrected chi connectivity index (χ2v) is 6.06. The van der Waals surface area contributed by atoms with Crippen molar-refractivity contribution in [2.45, 2.75) is 32.2 Å². The van der Waals surface area contributed by atoms with Gasteiger partial charge in [-0.05, 0) is 38.4 Å². The van der Waals surface area contributed by atoms with Crippen LogP contribution in [0.3, 0.4) is 0 Å². The van der Waals surface area contributed by atoms with E-state index in [0.717, 1.165) is 25.5 Å². The molecule has 2 N–H and O–H groups in total. The summed E-state index contributed by atoms with van der Waals surface area (Å²) in [5.41, 5.74) is 1.04. The number of halogens is 4. The first-order valence-electron chi connectivity index (χ1n) is 8.18. The molecule has 1 aliphatic rings. The average Bonchev–Trinajstić information content (AvgIpc) is 3.06. The van der Waals surface area contributed by atoms with Crippen molar-refractivity contribution in [2.24, 2.45) is 0 Å². The zero-order valence-electron chi connectivity index (χ0n) is 14.0. The van der Waals surface area contributed by atoms with Crippen LogP contribution in [-0.2, 0) is 0 Å². The average molecular weight is 370 g/mol. The van der Waals surface area contributed by atoms with E-state index in [-0.39, 0.29) is 5.56 Å². The molecule has 0 amide bonds. The number of ether oxygens (including phenoxy) is 1. The molecule has 1 aromatic heterocycles. The van der Waals surface area contributed by atoms with Crippen molar-refractivity contribution < 1.29 is 22.3 Å². The van der Waals surface area contributed by atoms with Crippen molar-refractivity contribution in [1.82, 2.24) is 15.3 Å². The number of rotatable bonds is 5. The number of hydrogen-bond donors (Lipinski definition) is 2. The molecule has 0 spiro atoms. The first-order valence-corrected chi connectivity index (χ1v) is 8.18. The maximum Gasteiger partial charge on any atom is 0.573 e. The van der Waals surface area contributed by atoms with Crippen LogP contribution in [0.5, 0.6) is 5.75 Å². The molecule has 3 rings (SSSR count). The Morgan fingerprint density at radius 2 is 2.12 bits per heavy atom. The molecule has 9 heteroatoms. The lowest BCUT2D eigenvalue weighted by atomic mass is 10.1. The molecule has 2 heterocycles. The Kier molecular flexibility index (Phi) is 5.26. The molecule has 1 atom stereocenters. The van der Waals surface area contributed by atoms with Crippen molar-refractivity contribution in [3.05, 3.63) is 35.9 Å². The van der Waals surface area contributed by atoms with Gasteiger partial charge in [0.15, 0.2) is 0 Å². The fourth-order valence-electron chi connectivity index (χ4n) is 2.87. The third-order valence-corrected chi connectivity index (χ3v) is 4.11. The van der Waals surface area contributed by atoms with Crippen LogP contribution in [-0.4, -0.2) is 35.5 Å². The zero-order valence-corrected chi connectivity index (χ0v) is 14.0. The molecule has 0 unspecified atom stereocenters. The van der Waals surface area contributed by atoms with Gasteiger partial charge in [-0.15, -0.1) is 13.2 Å². The molecule has 5 nitrogen and oxygen atoms in total. The van der Waals surface area contributed by atoms with Gasteiger partial charge in [-0.3, -0.25) is 0 Å². The van der Waals surface area contributed by atoms with E-state index >= 15 is 0 Å². The van der Waals surface area contributed by atoms with Gasteiger partial charge in [-0.1, -0.05) is 0 Å². The molecule has 1 aliphatic heterocycles. The highest BCUT2D eigenvalue weighted by molar-refractivity contribution is 5.67. The Bertz CT molecular complexity index is 776. The highest BCUT2D eigenvalue weighted by Gasteiger charge is 2.31. The van der Waals surface area contributed by atoms with Crippen LogP contribution in [0.2, 0.25) is 0 Å². The predicted octanol–water partition coefficient (Wildman–Crippen LogP) is 3.65. The third kappa shape index (κ3) is 4.60. The second-order valence-electron chi connectivity index (χ2n) is 6.06. The zero-order chi connectivity index (χ0) is 18.7. The molecule has 26 heavy (non-hydrogen) atoms. The molecular formula is C17H18F4N4O. The summed E-state index contributed by atoms with van der Waals surface area (Å²) in [4.78, 5) is 8.48. The van der Waals surface area contributed by atoms with E-state index in [1.54, 1.807) is 6.92 Å². The molecular weight excluding hydrogens is 352 g/mol. The lowest BCUT2D eigenvalue weighted by Gasteiger charge is -2.13. The number of alkyl halides is 3. The largest absolute Gasteiger partial charge is 0.573 e. The smallest absolute Gasteiger partial charge is 0.406 e. The number of anilines is 1. The molecule has 0 aliphatic carbocycles. The van der Waals surface area contributed by atoms with Crippen molar-refractivity contribution in [3.63, 3.8) is 0 Å². The first-order chi connectivity index (χ1) is 12.3. The number of aryl methyl sites for hydroxylation is 1. The second kappa shape index (κ2) is 7.45. The molecule has 0 radical (unpaired) electrons. The van der Waals surface area contributed by atoms with E-state index in [1.807, 2.05) is 0 Å². The highest BCUT2D eigenvalue weighted by Crippen LogP contribution is 2.30. The fraction of sp³-hybridized carbons (Fsp3) is 0.412. The molecule has 1 fully saturated rings. The molecule has 0 bridgehead atoms. The summed E-state index contributed by atoms with van der Waals surface area (Å²) in [5.74, 6) is -1.02. The van der Waals surface area contributed by atoms with Gasteiger partial charge in [-0.25, -0.2) is 14.4 Å². The van der Waals surface area contributed by atoms with E-state index in [9.17, 15) is 17.6 Å². The summed E-state index contributed by atoms with van der Waals surface area (Å²) in [5, 5.41) is 6.48. The van der Waals surface area contributed by atoms with Gasteiger partial charge in [0.05, 0.1) is 5.69 Å². The Hall–Kier alpha value is -2.42. The Morgan fingerprint density at radius 3 is 2.73 bits per heavy atom. The number of hydrogen-bond acceptors (Lipinski definition) is 5. The van der Waals surface area contributed by atoms with Gasteiger partial charge < -0.3 is 15.4 Å². The van der Waals surface area contributed by atoms with Gasteiger partial charge in [0, 0.05) is 36.0 Å². The monoisotopic (exact) mass is 370 g/mol. The van der Waals surface area contributed by atoms with Crippen LogP contribution in [0, 0.1) is 12.7 Å². The molecule has 0 saturated carbocycles. The number of nitrogens with zero attached hydrogens (tertiary/aromatic N) is 2. The summed E-state index contributed by atoms with van der Waals surface area (Å²) >= 11 is 0. The van der Waals surface area contributed by atoms with Gasteiger partial charge in [-0.2, -0.15) is 0 Å². The van der Waals surface area contributed by atoms with E-state index < -0.39 is 17.9 Å².